The summed E-state index contributed by atoms with van der Waals surface area (Å²) < 4.78 is 5.43. The number of anilines is 2. The molecule has 2 aromatic carbocycles. The van der Waals surface area contributed by atoms with Crippen molar-refractivity contribution >= 4 is 17.3 Å². The van der Waals surface area contributed by atoms with Gasteiger partial charge in [0.25, 0.3) is 5.91 Å². The van der Waals surface area contributed by atoms with Crippen LogP contribution < -0.4 is 15.4 Å². The van der Waals surface area contributed by atoms with Gasteiger partial charge in [0.05, 0.1) is 0 Å². The van der Waals surface area contributed by atoms with Crippen molar-refractivity contribution < 1.29 is 9.53 Å². The maximum absolute atomic E-state index is 11.9. The zero-order valence-electron chi connectivity index (χ0n) is 13.1. The van der Waals surface area contributed by atoms with Crippen molar-refractivity contribution in [3.8, 4) is 5.75 Å². The van der Waals surface area contributed by atoms with Gasteiger partial charge < -0.3 is 15.4 Å². The summed E-state index contributed by atoms with van der Waals surface area (Å²) in [6.45, 7) is 0.00604. The molecule has 0 aromatic heterocycles. The van der Waals surface area contributed by atoms with Gasteiger partial charge in [-0.2, -0.15) is 0 Å². The Bertz CT molecular complexity index is 620. The van der Waals surface area contributed by atoms with Crippen LogP contribution in [0.2, 0.25) is 0 Å². The molecule has 0 bridgehead atoms. The molecular formula is C19H22N2O2. The van der Waals surface area contributed by atoms with Crippen molar-refractivity contribution in [1.82, 2.24) is 0 Å². The first-order chi connectivity index (χ1) is 11.3. The quantitative estimate of drug-likeness (QED) is 0.846. The summed E-state index contributed by atoms with van der Waals surface area (Å²) in [5.41, 5.74) is 1.89. The predicted octanol–water partition coefficient (Wildman–Crippen LogP) is 4.06. The number of hydrogen-bond donors (Lipinski definition) is 2. The molecule has 4 heteroatoms. The van der Waals surface area contributed by atoms with Crippen molar-refractivity contribution in [3.63, 3.8) is 0 Å². The Hall–Kier alpha value is -2.49. The number of hydrogen-bond acceptors (Lipinski definition) is 3. The number of carbonyl (C=O) groups is 1. The van der Waals surface area contributed by atoms with E-state index in [1.807, 2.05) is 54.6 Å². The zero-order chi connectivity index (χ0) is 15.9. The second-order valence-electron chi connectivity index (χ2n) is 5.85. The lowest BCUT2D eigenvalue weighted by Gasteiger charge is -2.14. The van der Waals surface area contributed by atoms with E-state index in [4.69, 9.17) is 4.74 Å². The third kappa shape index (κ3) is 4.74. The highest BCUT2D eigenvalue weighted by Gasteiger charge is 2.14. The van der Waals surface area contributed by atoms with Gasteiger partial charge in [-0.3, -0.25) is 4.79 Å². The average molecular weight is 310 g/mol. The SMILES string of the molecule is O=C(COc1ccccc1)Nc1ccc(NC2CCCC2)cc1. The lowest BCUT2D eigenvalue weighted by Crippen LogP contribution is -2.20. The highest BCUT2D eigenvalue weighted by atomic mass is 16.5. The Morgan fingerprint density at radius 2 is 1.61 bits per heavy atom. The van der Waals surface area contributed by atoms with E-state index < -0.39 is 0 Å². The zero-order valence-corrected chi connectivity index (χ0v) is 13.1. The second-order valence-corrected chi connectivity index (χ2v) is 5.85. The van der Waals surface area contributed by atoms with Crippen LogP contribution >= 0.6 is 0 Å². The molecule has 0 saturated heterocycles. The number of rotatable bonds is 6. The highest BCUT2D eigenvalue weighted by molar-refractivity contribution is 5.92. The molecule has 0 radical (unpaired) electrons. The van der Waals surface area contributed by atoms with E-state index in [-0.39, 0.29) is 12.5 Å². The molecule has 0 heterocycles. The van der Waals surface area contributed by atoms with Gasteiger partial charge in [-0.15, -0.1) is 0 Å². The van der Waals surface area contributed by atoms with E-state index in [0.29, 0.717) is 11.8 Å². The van der Waals surface area contributed by atoms with Crippen molar-refractivity contribution in [2.45, 2.75) is 31.7 Å². The fraction of sp³-hybridized carbons (Fsp3) is 0.316. The fourth-order valence-corrected chi connectivity index (χ4v) is 2.82. The van der Waals surface area contributed by atoms with Gasteiger partial charge in [0.15, 0.2) is 6.61 Å². The summed E-state index contributed by atoms with van der Waals surface area (Å²) >= 11 is 0. The Morgan fingerprint density at radius 1 is 0.957 bits per heavy atom. The van der Waals surface area contributed by atoms with Crippen LogP contribution in [0.5, 0.6) is 5.75 Å². The third-order valence-electron chi connectivity index (χ3n) is 4.01. The topological polar surface area (TPSA) is 50.4 Å². The Balaban J connectivity index is 1.46. The predicted molar refractivity (Wildman–Crippen MR) is 92.9 cm³/mol. The molecular weight excluding hydrogens is 288 g/mol. The summed E-state index contributed by atoms with van der Waals surface area (Å²) in [6, 6.07) is 17.8. The lowest BCUT2D eigenvalue weighted by atomic mass is 10.2. The normalized spacial score (nSPS) is 14.4. The van der Waals surface area contributed by atoms with Crippen LogP contribution in [0.25, 0.3) is 0 Å². The van der Waals surface area contributed by atoms with E-state index in [1.54, 1.807) is 0 Å². The van der Waals surface area contributed by atoms with E-state index >= 15 is 0 Å². The van der Waals surface area contributed by atoms with Crippen LogP contribution in [0.15, 0.2) is 54.6 Å². The van der Waals surface area contributed by atoms with Crippen molar-refractivity contribution in [2.24, 2.45) is 0 Å². The first kappa shape index (κ1) is 15.4. The van der Waals surface area contributed by atoms with E-state index in [9.17, 15) is 4.79 Å². The molecule has 0 atom stereocenters. The van der Waals surface area contributed by atoms with Gasteiger partial charge >= 0.3 is 0 Å². The van der Waals surface area contributed by atoms with Crippen molar-refractivity contribution in [2.75, 3.05) is 17.2 Å². The Morgan fingerprint density at radius 3 is 2.30 bits per heavy atom. The molecule has 0 spiro atoms. The van der Waals surface area contributed by atoms with Crippen LogP contribution in [0.1, 0.15) is 25.7 Å². The van der Waals surface area contributed by atoms with E-state index in [2.05, 4.69) is 10.6 Å². The molecule has 1 fully saturated rings. The molecule has 1 aliphatic carbocycles. The van der Waals surface area contributed by atoms with Crippen LogP contribution in [0, 0.1) is 0 Å². The van der Waals surface area contributed by atoms with Crippen LogP contribution in [-0.2, 0) is 4.79 Å². The number of carbonyl (C=O) groups excluding carboxylic acids is 1. The van der Waals surface area contributed by atoms with Crippen LogP contribution in [0.4, 0.5) is 11.4 Å². The Labute approximate surface area is 136 Å². The minimum absolute atomic E-state index is 0.00604. The third-order valence-corrected chi connectivity index (χ3v) is 4.01. The molecule has 2 aromatic rings. The molecule has 2 N–H and O–H groups in total. The fourth-order valence-electron chi connectivity index (χ4n) is 2.82. The summed E-state index contributed by atoms with van der Waals surface area (Å²) in [5.74, 6) is 0.532. The molecule has 1 amide bonds. The summed E-state index contributed by atoms with van der Waals surface area (Å²) in [7, 11) is 0. The highest BCUT2D eigenvalue weighted by Crippen LogP contribution is 2.23. The van der Waals surface area contributed by atoms with E-state index in [0.717, 1.165) is 11.4 Å². The van der Waals surface area contributed by atoms with Gasteiger partial charge in [0.2, 0.25) is 0 Å². The smallest absolute Gasteiger partial charge is 0.262 e. The largest absolute Gasteiger partial charge is 0.484 e. The monoisotopic (exact) mass is 310 g/mol. The average Bonchev–Trinajstić information content (AvgIpc) is 3.09. The van der Waals surface area contributed by atoms with Gasteiger partial charge in [0, 0.05) is 17.4 Å². The maximum Gasteiger partial charge on any atom is 0.262 e. The first-order valence-electron chi connectivity index (χ1n) is 8.14. The number of amides is 1. The van der Waals surface area contributed by atoms with E-state index in [1.165, 1.54) is 25.7 Å². The number of nitrogens with one attached hydrogen (secondary N) is 2. The number of benzene rings is 2. The molecule has 1 saturated carbocycles. The number of ether oxygens (including phenoxy) is 1. The minimum atomic E-state index is -0.162. The molecule has 0 aliphatic heterocycles. The van der Waals surface area contributed by atoms with Gasteiger partial charge in [0.1, 0.15) is 5.75 Å². The van der Waals surface area contributed by atoms with Gasteiger partial charge in [-0.05, 0) is 49.2 Å². The summed E-state index contributed by atoms with van der Waals surface area (Å²) in [4.78, 5) is 11.9. The molecule has 23 heavy (non-hydrogen) atoms. The molecule has 120 valence electrons. The maximum atomic E-state index is 11.9. The molecule has 4 nitrogen and oxygen atoms in total. The van der Waals surface area contributed by atoms with Crippen LogP contribution in [0.3, 0.4) is 0 Å². The Kier molecular flexibility index (Phi) is 5.14. The van der Waals surface area contributed by atoms with Crippen LogP contribution in [-0.4, -0.2) is 18.6 Å². The van der Waals surface area contributed by atoms with Crippen molar-refractivity contribution in [3.05, 3.63) is 54.6 Å². The standard InChI is InChI=1S/C19H22N2O2/c22-19(14-23-18-8-2-1-3-9-18)21-17-12-10-16(11-13-17)20-15-6-4-5-7-15/h1-3,8-13,15,20H,4-7,14H2,(H,21,22). The first-order valence-corrected chi connectivity index (χ1v) is 8.14. The lowest BCUT2D eigenvalue weighted by molar-refractivity contribution is -0.118. The summed E-state index contributed by atoms with van der Waals surface area (Å²) in [5, 5.41) is 6.37. The molecule has 3 rings (SSSR count). The summed E-state index contributed by atoms with van der Waals surface area (Å²) in [6.07, 6.45) is 5.12. The minimum Gasteiger partial charge on any atom is -0.484 e. The molecule has 0 unspecified atom stereocenters. The van der Waals surface area contributed by atoms with Crippen molar-refractivity contribution in [1.29, 1.82) is 0 Å². The molecule has 1 aliphatic rings. The van der Waals surface area contributed by atoms with Gasteiger partial charge in [-0.25, -0.2) is 0 Å². The second kappa shape index (κ2) is 7.68. The van der Waals surface area contributed by atoms with Gasteiger partial charge in [-0.1, -0.05) is 31.0 Å². The number of para-hydroxylation sites is 1.